The molecule has 0 aliphatic heterocycles. The van der Waals surface area contributed by atoms with E-state index >= 15 is 0 Å². The molecule has 2 rings (SSSR count). The molecule has 0 bridgehead atoms. The summed E-state index contributed by atoms with van der Waals surface area (Å²) in [7, 11) is 1.82. The van der Waals surface area contributed by atoms with Crippen molar-refractivity contribution in [2.75, 3.05) is 7.05 Å². The average molecular weight is 273 g/mol. The SMILES string of the molecule is CNCc1ccc([N+](=O)[O-])c(OCc2ccncc2)c1. The van der Waals surface area contributed by atoms with Gasteiger partial charge < -0.3 is 10.1 Å². The van der Waals surface area contributed by atoms with Gasteiger partial charge in [0.2, 0.25) is 0 Å². The number of benzene rings is 1. The van der Waals surface area contributed by atoms with Gasteiger partial charge in [0, 0.05) is 25.0 Å². The van der Waals surface area contributed by atoms with Crippen molar-refractivity contribution in [3.8, 4) is 5.75 Å². The highest BCUT2D eigenvalue weighted by Gasteiger charge is 2.15. The van der Waals surface area contributed by atoms with Gasteiger partial charge in [0.1, 0.15) is 6.61 Å². The normalized spacial score (nSPS) is 10.2. The van der Waals surface area contributed by atoms with Crippen molar-refractivity contribution in [1.29, 1.82) is 0 Å². The van der Waals surface area contributed by atoms with Crippen LogP contribution in [-0.2, 0) is 13.2 Å². The number of ether oxygens (including phenoxy) is 1. The van der Waals surface area contributed by atoms with Crippen molar-refractivity contribution in [1.82, 2.24) is 10.3 Å². The molecule has 6 nitrogen and oxygen atoms in total. The fraction of sp³-hybridized carbons (Fsp3) is 0.214. The monoisotopic (exact) mass is 273 g/mol. The Morgan fingerprint density at radius 2 is 2.00 bits per heavy atom. The Balaban J connectivity index is 2.19. The molecule has 0 saturated carbocycles. The summed E-state index contributed by atoms with van der Waals surface area (Å²) < 4.78 is 5.57. The third-order valence-corrected chi connectivity index (χ3v) is 2.75. The van der Waals surface area contributed by atoms with Crippen LogP contribution < -0.4 is 10.1 Å². The van der Waals surface area contributed by atoms with Crippen LogP contribution >= 0.6 is 0 Å². The molecule has 1 aromatic heterocycles. The lowest BCUT2D eigenvalue weighted by Crippen LogP contribution is -2.06. The minimum absolute atomic E-state index is 0.0288. The van der Waals surface area contributed by atoms with Crippen molar-refractivity contribution < 1.29 is 9.66 Å². The minimum atomic E-state index is -0.439. The van der Waals surface area contributed by atoms with Crippen LogP contribution in [0.15, 0.2) is 42.7 Å². The van der Waals surface area contributed by atoms with E-state index in [2.05, 4.69) is 10.3 Å². The third kappa shape index (κ3) is 3.52. The first kappa shape index (κ1) is 14.0. The molecule has 0 amide bonds. The van der Waals surface area contributed by atoms with Crippen LogP contribution in [0, 0.1) is 10.1 Å². The Morgan fingerprint density at radius 1 is 1.25 bits per heavy atom. The molecule has 1 N–H and O–H groups in total. The molecule has 6 heteroatoms. The Kier molecular flexibility index (Phi) is 4.62. The standard InChI is InChI=1S/C14H15N3O3/c1-15-9-12-2-3-13(17(18)19)14(8-12)20-10-11-4-6-16-7-5-11/h2-8,15H,9-10H2,1H3. The Labute approximate surface area is 116 Å². The molecule has 0 unspecified atom stereocenters. The molecule has 1 aromatic carbocycles. The Morgan fingerprint density at radius 3 is 2.65 bits per heavy atom. The molecule has 0 aliphatic carbocycles. The maximum atomic E-state index is 11.0. The highest BCUT2D eigenvalue weighted by atomic mass is 16.6. The molecule has 0 aliphatic rings. The molecular formula is C14H15N3O3. The fourth-order valence-corrected chi connectivity index (χ4v) is 1.78. The van der Waals surface area contributed by atoms with Crippen LogP contribution in [0.1, 0.15) is 11.1 Å². The second-order valence-electron chi connectivity index (χ2n) is 4.23. The summed E-state index contributed by atoms with van der Waals surface area (Å²) in [5, 5.41) is 14.0. The van der Waals surface area contributed by atoms with Gasteiger partial charge in [-0.15, -0.1) is 0 Å². The first-order valence-electron chi connectivity index (χ1n) is 6.14. The fourth-order valence-electron chi connectivity index (χ4n) is 1.78. The topological polar surface area (TPSA) is 77.3 Å². The van der Waals surface area contributed by atoms with Crippen LogP contribution in [0.4, 0.5) is 5.69 Å². The van der Waals surface area contributed by atoms with E-state index in [1.807, 2.05) is 19.2 Å². The molecule has 20 heavy (non-hydrogen) atoms. The van der Waals surface area contributed by atoms with E-state index in [4.69, 9.17) is 4.74 Å². The van der Waals surface area contributed by atoms with Crippen molar-refractivity contribution in [2.45, 2.75) is 13.2 Å². The predicted octanol–water partition coefficient (Wildman–Crippen LogP) is 2.29. The van der Waals surface area contributed by atoms with Gasteiger partial charge in [-0.1, -0.05) is 6.07 Å². The average Bonchev–Trinajstić information content (AvgIpc) is 2.46. The Bertz CT molecular complexity index is 587. The van der Waals surface area contributed by atoms with E-state index < -0.39 is 4.92 Å². The predicted molar refractivity (Wildman–Crippen MR) is 74.4 cm³/mol. The molecule has 0 spiro atoms. The van der Waals surface area contributed by atoms with E-state index in [9.17, 15) is 10.1 Å². The van der Waals surface area contributed by atoms with E-state index in [1.165, 1.54) is 6.07 Å². The number of nitrogens with zero attached hydrogens (tertiary/aromatic N) is 2. The van der Waals surface area contributed by atoms with Crippen molar-refractivity contribution in [2.24, 2.45) is 0 Å². The quantitative estimate of drug-likeness (QED) is 0.645. The van der Waals surface area contributed by atoms with Crippen LogP contribution in [-0.4, -0.2) is 17.0 Å². The smallest absolute Gasteiger partial charge is 0.310 e. The van der Waals surface area contributed by atoms with E-state index in [0.717, 1.165) is 11.1 Å². The van der Waals surface area contributed by atoms with Crippen molar-refractivity contribution >= 4 is 5.69 Å². The van der Waals surface area contributed by atoms with Gasteiger partial charge in [0.25, 0.3) is 0 Å². The number of nitro benzene ring substituents is 1. The molecule has 2 aromatic rings. The molecule has 0 radical (unpaired) electrons. The Hall–Kier alpha value is -2.47. The maximum Gasteiger partial charge on any atom is 0.310 e. The summed E-state index contributed by atoms with van der Waals surface area (Å²) in [5.41, 5.74) is 1.81. The number of pyridine rings is 1. The number of hydrogen-bond acceptors (Lipinski definition) is 5. The van der Waals surface area contributed by atoms with E-state index in [0.29, 0.717) is 6.54 Å². The third-order valence-electron chi connectivity index (χ3n) is 2.75. The second kappa shape index (κ2) is 6.63. The van der Waals surface area contributed by atoms with Gasteiger partial charge in [0.05, 0.1) is 4.92 Å². The largest absolute Gasteiger partial charge is 0.482 e. The molecule has 104 valence electrons. The zero-order valence-corrected chi connectivity index (χ0v) is 11.1. The van der Waals surface area contributed by atoms with E-state index in [-0.39, 0.29) is 18.0 Å². The lowest BCUT2D eigenvalue weighted by Gasteiger charge is -2.08. The maximum absolute atomic E-state index is 11.0. The zero-order chi connectivity index (χ0) is 14.4. The van der Waals surface area contributed by atoms with Crippen LogP contribution in [0.3, 0.4) is 0 Å². The summed E-state index contributed by atoms with van der Waals surface area (Å²) in [6, 6.07) is 8.49. The number of rotatable bonds is 6. The lowest BCUT2D eigenvalue weighted by atomic mass is 10.2. The summed E-state index contributed by atoms with van der Waals surface area (Å²) in [5.74, 6) is 0.277. The molecule has 0 fully saturated rings. The van der Waals surface area contributed by atoms with Gasteiger partial charge >= 0.3 is 5.69 Å². The molecule has 0 saturated heterocycles. The van der Waals surface area contributed by atoms with Gasteiger partial charge in [-0.25, -0.2) is 0 Å². The number of aromatic nitrogens is 1. The van der Waals surface area contributed by atoms with Crippen LogP contribution in [0.25, 0.3) is 0 Å². The number of nitro groups is 1. The van der Waals surface area contributed by atoms with Gasteiger partial charge in [-0.3, -0.25) is 15.1 Å². The van der Waals surface area contributed by atoms with Gasteiger partial charge in [-0.05, 0) is 36.4 Å². The number of nitrogens with one attached hydrogen (secondary N) is 1. The highest BCUT2D eigenvalue weighted by molar-refractivity contribution is 5.48. The first-order valence-corrected chi connectivity index (χ1v) is 6.14. The number of hydrogen-bond donors (Lipinski definition) is 1. The molecule has 0 atom stereocenters. The lowest BCUT2D eigenvalue weighted by molar-refractivity contribution is -0.386. The molecular weight excluding hydrogens is 258 g/mol. The van der Waals surface area contributed by atoms with Gasteiger partial charge in [-0.2, -0.15) is 0 Å². The summed E-state index contributed by atoms with van der Waals surface area (Å²) in [6.45, 7) is 0.899. The summed E-state index contributed by atoms with van der Waals surface area (Å²) in [6.07, 6.45) is 3.31. The second-order valence-corrected chi connectivity index (χ2v) is 4.23. The summed E-state index contributed by atoms with van der Waals surface area (Å²) in [4.78, 5) is 14.5. The van der Waals surface area contributed by atoms with Crippen LogP contribution in [0.2, 0.25) is 0 Å². The summed E-state index contributed by atoms with van der Waals surface area (Å²) >= 11 is 0. The molecule has 1 heterocycles. The van der Waals surface area contributed by atoms with Crippen LogP contribution in [0.5, 0.6) is 5.75 Å². The van der Waals surface area contributed by atoms with Gasteiger partial charge in [0.15, 0.2) is 5.75 Å². The first-order chi connectivity index (χ1) is 9.70. The highest BCUT2D eigenvalue weighted by Crippen LogP contribution is 2.28. The van der Waals surface area contributed by atoms with E-state index in [1.54, 1.807) is 24.5 Å². The van der Waals surface area contributed by atoms with Crippen molar-refractivity contribution in [3.05, 3.63) is 64.0 Å². The zero-order valence-electron chi connectivity index (χ0n) is 11.1. The van der Waals surface area contributed by atoms with Crippen molar-refractivity contribution in [3.63, 3.8) is 0 Å². The minimum Gasteiger partial charge on any atom is -0.482 e.